The fourth-order valence-corrected chi connectivity index (χ4v) is 2.94. The van der Waals surface area contributed by atoms with Crippen molar-refractivity contribution in [3.8, 4) is 0 Å². The first-order valence-electron chi connectivity index (χ1n) is 8.11. The number of alkyl halides is 3. The summed E-state index contributed by atoms with van der Waals surface area (Å²) >= 11 is 0. The summed E-state index contributed by atoms with van der Waals surface area (Å²) in [6.07, 6.45) is -3.09. The van der Waals surface area contributed by atoms with Gasteiger partial charge in [0, 0.05) is 31.7 Å². The highest BCUT2D eigenvalue weighted by Gasteiger charge is 2.33. The van der Waals surface area contributed by atoms with Gasteiger partial charge >= 0.3 is 6.18 Å². The van der Waals surface area contributed by atoms with Gasteiger partial charge in [-0.05, 0) is 18.4 Å². The Morgan fingerprint density at radius 3 is 2.52 bits per heavy atom. The van der Waals surface area contributed by atoms with Crippen LogP contribution >= 0.6 is 0 Å². The molecular formula is C17H19F3N4O. The van der Waals surface area contributed by atoms with E-state index in [-0.39, 0.29) is 12.0 Å². The highest BCUT2D eigenvalue weighted by atomic mass is 19.4. The lowest BCUT2D eigenvalue weighted by Crippen LogP contribution is -2.39. The Balaban J connectivity index is 1.57. The second-order valence-corrected chi connectivity index (χ2v) is 6.16. The summed E-state index contributed by atoms with van der Waals surface area (Å²) < 4.78 is 38.2. The average molecular weight is 352 g/mol. The molecule has 1 fully saturated rings. The van der Waals surface area contributed by atoms with Crippen LogP contribution < -0.4 is 10.9 Å². The summed E-state index contributed by atoms with van der Waals surface area (Å²) in [5.41, 5.74) is -0.760. The number of hydrogen-bond acceptors (Lipinski definition) is 4. The van der Waals surface area contributed by atoms with Crippen molar-refractivity contribution >= 4 is 5.95 Å². The number of piperidine rings is 1. The first kappa shape index (κ1) is 17.5. The Morgan fingerprint density at radius 2 is 1.88 bits per heavy atom. The summed E-state index contributed by atoms with van der Waals surface area (Å²) in [6.45, 7) is 2.51. The van der Waals surface area contributed by atoms with E-state index in [1.165, 1.54) is 5.56 Å². The number of nitrogens with one attached hydrogen (secondary N) is 2. The molecule has 0 bridgehead atoms. The average Bonchev–Trinajstić information content (AvgIpc) is 2.56. The number of nitrogens with zero attached hydrogens (tertiary/aromatic N) is 2. The number of hydrogen-bond donors (Lipinski definition) is 2. The lowest BCUT2D eigenvalue weighted by atomic mass is 10.0. The number of aromatic amines is 1. The zero-order valence-electron chi connectivity index (χ0n) is 13.5. The summed E-state index contributed by atoms with van der Waals surface area (Å²) in [5.74, 6) is -0.124. The maximum Gasteiger partial charge on any atom is 0.433 e. The van der Waals surface area contributed by atoms with Gasteiger partial charge in [0.05, 0.1) is 0 Å². The van der Waals surface area contributed by atoms with Crippen LogP contribution in [0.15, 0.2) is 41.2 Å². The molecule has 0 atom stereocenters. The summed E-state index contributed by atoms with van der Waals surface area (Å²) in [4.78, 5) is 19.5. The molecule has 8 heteroatoms. The minimum atomic E-state index is -4.64. The number of rotatable bonds is 4. The van der Waals surface area contributed by atoms with Crippen molar-refractivity contribution in [1.29, 1.82) is 0 Å². The van der Waals surface area contributed by atoms with Gasteiger partial charge in [-0.3, -0.25) is 14.7 Å². The molecule has 0 saturated carbocycles. The highest BCUT2D eigenvalue weighted by Crippen LogP contribution is 2.27. The Bertz CT molecular complexity index is 752. The van der Waals surface area contributed by atoms with E-state index < -0.39 is 17.4 Å². The van der Waals surface area contributed by atoms with Crippen LogP contribution in [0.5, 0.6) is 0 Å². The number of likely N-dealkylation sites (tertiary alicyclic amines) is 1. The van der Waals surface area contributed by atoms with E-state index in [9.17, 15) is 18.0 Å². The summed E-state index contributed by atoms with van der Waals surface area (Å²) in [7, 11) is 0. The van der Waals surface area contributed by atoms with Crippen molar-refractivity contribution in [1.82, 2.24) is 14.9 Å². The lowest BCUT2D eigenvalue weighted by molar-refractivity contribution is -0.141. The third-order valence-corrected chi connectivity index (χ3v) is 4.21. The van der Waals surface area contributed by atoms with Crippen molar-refractivity contribution in [2.75, 3.05) is 18.4 Å². The molecule has 2 heterocycles. The quantitative estimate of drug-likeness (QED) is 0.888. The van der Waals surface area contributed by atoms with Gasteiger partial charge in [0.25, 0.3) is 5.56 Å². The van der Waals surface area contributed by atoms with Crippen LogP contribution in [0.2, 0.25) is 0 Å². The van der Waals surface area contributed by atoms with Crippen molar-refractivity contribution in [3.63, 3.8) is 0 Å². The van der Waals surface area contributed by atoms with Crippen molar-refractivity contribution in [3.05, 3.63) is 58.0 Å². The van der Waals surface area contributed by atoms with Gasteiger partial charge in [0.2, 0.25) is 5.95 Å². The smallest absolute Gasteiger partial charge is 0.353 e. The second kappa shape index (κ2) is 7.26. The molecule has 1 aliphatic rings. The standard InChI is InChI=1S/C17H19F3N4O/c18-17(19,20)14-10-15(25)23-16(22-14)21-13-6-8-24(9-7-13)11-12-4-2-1-3-5-12/h1-5,10,13H,6-9,11H2,(H2,21,22,23,25). The number of anilines is 1. The van der Waals surface area contributed by atoms with Crippen molar-refractivity contribution < 1.29 is 13.2 Å². The zero-order chi connectivity index (χ0) is 17.9. The molecule has 0 radical (unpaired) electrons. The van der Waals surface area contributed by atoms with E-state index in [0.717, 1.165) is 32.5 Å². The molecule has 2 aromatic rings. The van der Waals surface area contributed by atoms with Gasteiger partial charge in [-0.1, -0.05) is 30.3 Å². The molecule has 1 aliphatic heterocycles. The molecule has 3 rings (SSSR count). The third kappa shape index (κ3) is 4.82. The maximum atomic E-state index is 12.7. The Labute approximate surface area is 142 Å². The van der Waals surface area contributed by atoms with Gasteiger partial charge in [0.15, 0.2) is 5.69 Å². The molecule has 1 aromatic heterocycles. The largest absolute Gasteiger partial charge is 0.433 e. The predicted molar refractivity (Wildman–Crippen MR) is 88.2 cm³/mol. The normalized spacial score (nSPS) is 16.8. The van der Waals surface area contributed by atoms with Gasteiger partial charge in [-0.2, -0.15) is 13.2 Å². The second-order valence-electron chi connectivity index (χ2n) is 6.16. The van der Waals surface area contributed by atoms with Crippen molar-refractivity contribution in [2.24, 2.45) is 0 Å². The van der Waals surface area contributed by atoms with Crippen LogP contribution in [-0.2, 0) is 12.7 Å². The summed E-state index contributed by atoms with van der Waals surface area (Å²) in [6, 6.07) is 10.6. The van der Waals surface area contributed by atoms with Gasteiger partial charge in [0.1, 0.15) is 0 Å². The minimum absolute atomic E-state index is 0.0151. The predicted octanol–water partition coefficient (Wildman–Crippen LogP) is 2.87. The fourth-order valence-electron chi connectivity index (χ4n) is 2.94. The van der Waals surface area contributed by atoms with Gasteiger partial charge in [-0.25, -0.2) is 4.98 Å². The monoisotopic (exact) mass is 352 g/mol. The van der Waals surface area contributed by atoms with Crippen LogP contribution in [0.3, 0.4) is 0 Å². The third-order valence-electron chi connectivity index (χ3n) is 4.21. The molecule has 1 saturated heterocycles. The van der Waals surface area contributed by atoms with Gasteiger partial charge in [-0.15, -0.1) is 0 Å². The lowest BCUT2D eigenvalue weighted by Gasteiger charge is -2.32. The first-order valence-corrected chi connectivity index (χ1v) is 8.11. The number of aromatic nitrogens is 2. The number of halogens is 3. The Hall–Kier alpha value is -2.35. The molecule has 0 aliphatic carbocycles. The summed E-state index contributed by atoms with van der Waals surface area (Å²) in [5, 5.41) is 2.93. The van der Waals surface area contributed by atoms with E-state index in [4.69, 9.17) is 0 Å². The maximum absolute atomic E-state index is 12.7. The van der Waals surface area contributed by atoms with E-state index >= 15 is 0 Å². The Morgan fingerprint density at radius 1 is 1.20 bits per heavy atom. The van der Waals surface area contributed by atoms with Crippen LogP contribution in [-0.4, -0.2) is 34.0 Å². The van der Waals surface area contributed by atoms with Crippen molar-refractivity contribution in [2.45, 2.75) is 31.6 Å². The highest BCUT2D eigenvalue weighted by molar-refractivity contribution is 5.28. The number of benzene rings is 1. The van der Waals surface area contributed by atoms with E-state index in [0.29, 0.717) is 6.07 Å². The molecule has 134 valence electrons. The molecule has 0 unspecified atom stereocenters. The molecule has 0 spiro atoms. The molecule has 1 aromatic carbocycles. The SMILES string of the molecule is O=c1cc(C(F)(F)F)nc(NC2CCN(Cc3ccccc3)CC2)[nH]1. The van der Waals surface area contributed by atoms with Crippen LogP contribution in [0.1, 0.15) is 24.1 Å². The van der Waals surface area contributed by atoms with E-state index in [2.05, 4.69) is 32.3 Å². The first-order chi connectivity index (χ1) is 11.9. The van der Waals surface area contributed by atoms with Crippen LogP contribution in [0.25, 0.3) is 0 Å². The fraction of sp³-hybridized carbons (Fsp3) is 0.412. The number of H-pyrrole nitrogens is 1. The molecule has 0 amide bonds. The molecular weight excluding hydrogens is 333 g/mol. The van der Waals surface area contributed by atoms with Crippen LogP contribution in [0.4, 0.5) is 19.1 Å². The van der Waals surface area contributed by atoms with E-state index in [1.807, 2.05) is 18.2 Å². The minimum Gasteiger partial charge on any atom is -0.353 e. The topological polar surface area (TPSA) is 61.0 Å². The van der Waals surface area contributed by atoms with E-state index in [1.54, 1.807) is 0 Å². The molecule has 25 heavy (non-hydrogen) atoms. The molecule has 5 nitrogen and oxygen atoms in total. The van der Waals surface area contributed by atoms with Gasteiger partial charge < -0.3 is 5.32 Å². The van der Waals surface area contributed by atoms with Crippen LogP contribution in [0, 0.1) is 0 Å². The molecule has 2 N–H and O–H groups in total. The Kier molecular flexibility index (Phi) is 5.08. The zero-order valence-corrected chi connectivity index (χ0v) is 13.5.